The number of nitrogens with zero attached hydrogens (tertiary/aromatic N) is 1. The number of sulfonamides is 1. The summed E-state index contributed by atoms with van der Waals surface area (Å²) < 4.78 is 31.3. The molecule has 0 fully saturated rings. The van der Waals surface area contributed by atoms with Crippen molar-refractivity contribution in [2.24, 2.45) is 0 Å². The van der Waals surface area contributed by atoms with Crippen molar-refractivity contribution in [2.45, 2.75) is 11.5 Å². The van der Waals surface area contributed by atoms with Crippen molar-refractivity contribution in [3.8, 4) is 5.75 Å². The molecule has 110 valence electrons. The van der Waals surface area contributed by atoms with Crippen molar-refractivity contribution >= 4 is 10.0 Å². The fourth-order valence-corrected chi connectivity index (χ4v) is 3.18. The average molecular weight is 297 g/mol. The van der Waals surface area contributed by atoms with Gasteiger partial charge in [0.2, 0.25) is 10.0 Å². The lowest BCUT2D eigenvalue weighted by Gasteiger charge is -2.19. The molecule has 0 aliphatic rings. The van der Waals surface area contributed by atoms with E-state index in [1.54, 1.807) is 0 Å². The van der Waals surface area contributed by atoms with Gasteiger partial charge in [0.15, 0.2) is 0 Å². The lowest BCUT2D eigenvalue weighted by molar-refractivity contribution is 0.273. The van der Waals surface area contributed by atoms with Crippen LogP contribution in [0.25, 0.3) is 0 Å². The number of hydrogen-bond acceptors (Lipinski definition) is 4. The summed E-state index contributed by atoms with van der Waals surface area (Å²) >= 11 is 0. The largest absolute Gasteiger partial charge is 0.496 e. The first-order chi connectivity index (χ1) is 9.51. The number of aliphatic hydroxyl groups is 1. The van der Waals surface area contributed by atoms with Crippen molar-refractivity contribution in [2.75, 3.05) is 20.2 Å². The Bertz CT molecular complexity index is 571. The van der Waals surface area contributed by atoms with Crippen LogP contribution in [-0.2, 0) is 16.6 Å². The number of benzene rings is 1. The minimum Gasteiger partial charge on any atom is -0.496 e. The van der Waals surface area contributed by atoms with Crippen molar-refractivity contribution in [1.82, 2.24) is 4.31 Å². The molecule has 5 nitrogen and oxygen atoms in total. The quantitative estimate of drug-likeness (QED) is 0.739. The average Bonchev–Trinajstić information content (AvgIpc) is 2.46. The van der Waals surface area contributed by atoms with E-state index < -0.39 is 10.0 Å². The van der Waals surface area contributed by atoms with Gasteiger partial charge in [0.25, 0.3) is 0 Å². The van der Waals surface area contributed by atoms with Gasteiger partial charge in [-0.05, 0) is 18.2 Å². The van der Waals surface area contributed by atoms with Crippen LogP contribution >= 0.6 is 0 Å². The molecule has 0 aromatic heterocycles. The van der Waals surface area contributed by atoms with E-state index in [9.17, 15) is 13.5 Å². The molecule has 0 saturated heterocycles. The van der Waals surface area contributed by atoms with Crippen LogP contribution in [0.3, 0.4) is 0 Å². The first kappa shape index (κ1) is 16.4. The summed E-state index contributed by atoms with van der Waals surface area (Å²) in [5.41, 5.74) is 0.422. The van der Waals surface area contributed by atoms with E-state index >= 15 is 0 Å². The fourth-order valence-electron chi connectivity index (χ4n) is 1.75. The molecule has 0 aliphatic carbocycles. The number of ether oxygens (including phenoxy) is 1. The maximum atomic E-state index is 12.5. The predicted molar refractivity (Wildman–Crippen MR) is 78.1 cm³/mol. The maximum absolute atomic E-state index is 12.5. The lowest BCUT2D eigenvalue weighted by atomic mass is 10.2. The zero-order valence-electron chi connectivity index (χ0n) is 11.4. The zero-order valence-corrected chi connectivity index (χ0v) is 12.3. The van der Waals surface area contributed by atoms with Gasteiger partial charge in [-0.2, -0.15) is 4.31 Å². The monoisotopic (exact) mass is 297 g/mol. The SMILES string of the molecule is C=CCN(CC=C)S(=O)(=O)c1ccc(OC)c(CO)c1. The number of methoxy groups -OCH3 is 1. The molecule has 0 aliphatic heterocycles. The Hall–Kier alpha value is -1.63. The second-order valence-corrected chi connectivity index (χ2v) is 5.97. The van der Waals surface area contributed by atoms with Crippen molar-refractivity contribution in [3.05, 3.63) is 49.1 Å². The number of hydrogen-bond donors (Lipinski definition) is 1. The van der Waals surface area contributed by atoms with Crippen LogP contribution in [0.4, 0.5) is 0 Å². The van der Waals surface area contributed by atoms with Crippen LogP contribution in [0, 0.1) is 0 Å². The van der Waals surface area contributed by atoms with Gasteiger partial charge >= 0.3 is 0 Å². The molecule has 0 saturated carbocycles. The smallest absolute Gasteiger partial charge is 0.243 e. The Kier molecular flexibility index (Phi) is 5.94. The van der Waals surface area contributed by atoms with Gasteiger partial charge in [-0.1, -0.05) is 12.2 Å². The molecular formula is C14H19NO4S. The predicted octanol–water partition coefficient (Wildman–Crippen LogP) is 1.55. The van der Waals surface area contributed by atoms with Crippen molar-refractivity contribution in [1.29, 1.82) is 0 Å². The number of aliphatic hydroxyl groups excluding tert-OH is 1. The second-order valence-electron chi connectivity index (χ2n) is 4.03. The van der Waals surface area contributed by atoms with Crippen LogP contribution in [0.1, 0.15) is 5.56 Å². The standard InChI is InChI=1S/C14H19NO4S/c1-4-8-15(9-5-2)20(17,18)13-6-7-14(19-3)12(10-13)11-16/h4-7,10,16H,1-2,8-9,11H2,3H3. The summed E-state index contributed by atoms with van der Waals surface area (Å²) in [6.45, 7) is 7.18. The molecule has 1 N–H and O–H groups in total. The second kappa shape index (κ2) is 7.23. The van der Waals surface area contributed by atoms with Crippen LogP contribution < -0.4 is 4.74 Å². The van der Waals surface area contributed by atoms with E-state index in [2.05, 4.69) is 13.2 Å². The van der Waals surface area contributed by atoms with Gasteiger partial charge in [0, 0.05) is 18.7 Å². The summed E-state index contributed by atoms with van der Waals surface area (Å²) in [7, 11) is -2.20. The van der Waals surface area contributed by atoms with Crippen LogP contribution in [0.5, 0.6) is 5.75 Å². The van der Waals surface area contributed by atoms with Gasteiger partial charge in [-0.25, -0.2) is 8.42 Å². The molecule has 0 radical (unpaired) electrons. The normalized spacial score (nSPS) is 11.3. The molecule has 0 unspecified atom stereocenters. The summed E-state index contributed by atoms with van der Waals surface area (Å²) in [4.78, 5) is 0.103. The summed E-state index contributed by atoms with van der Waals surface area (Å²) in [5, 5.41) is 9.26. The lowest BCUT2D eigenvalue weighted by Crippen LogP contribution is -2.31. The van der Waals surface area contributed by atoms with E-state index in [1.807, 2.05) is 0 Å². The van der Waals surface area contributed by atoms with Crippen LogP contribution in [0.2, 0.25) is 0 Å². The summed E-state index contributed by atoms with van der Waals surface area (Å²) in [6, 6.07) is 4.39. The minimum atomic E-state index is -3.66. The molecular weight excluding hydrogens is 278 g/mol. The fraction of sp³-hybridized carbons (Fsp3) is 0.286. The first-order valence-corrected chi connectivity index (χ1v) is 7.45. The Morgan fingerprint density at radius 1 is 1.30 bits per heavy atom. The topological polar surface area (TPSA) is 66.8 Å². The van der Waals surface area contributed by atoms with E-state index in [1.165, 1.54) is 41.8 Å². The Balaban J connectivity index is 3.26. The third-order valence-corrected chi connectivity index (χ3v) is 4.55. The molecule has 1 aromatic rings. The van der Waals surface area contributed by atoms with Crippen molar-refractivity contribution in [3.63, 3.8) is 0 Å². The molecule has 1 rings (SSSR count). The van der Waals surface area contributed by atoms with E-state index in [0.29, 0.717) is 11.3 Å². The van der Waals surface area contributed by atoms with Gasteiger partial charge < -0.3 is 9.84 Å². The van der Waals surface area contributed by atoms with E-state index in [4.69, 9.17) is 4.74 Å². The summed E-state index contributed by atoms with van der Waals surface area (Å²) in [5.74, 6) is 0.449. The van der Waals surface area contributed by atoms with Gasteiger partial charge in [0.1, 0.15) is 5.75 Å². The van der Waals surface area contributed by atoms with Gasteiger partial charge in [0.05, 0.1) is 18.6 Å². The minimum absolute atomic E-state index is 0.103. The molecule has 20 heavy (non-hydrogen) atoms. The van der Waals surface area contributed by atoms with Gasteiger partial charge in [-0.15, -0.1) is 13.2 Å². The number of rotatable bonds is 8. The molecule has 6 heteroatoms. The van der Waals surface area contributed by atoms with E-state index in [0.717, 1.165) is 0 Å². The molecule has 0 atom stereocenters. The summed E-state index contributed by atoms with van der Waals surface area (Å²) in [6.07, 6.45) is 3.02. The highest BCUT2D eigenvalue weighted by atomic mass is 32.2. The van der Waals surface area contributed by atoms with Crippen molar-refractivity contribution < 1.29 is 18.3 Å². The highest BCUT2D eigenvalue weighted by molar-refractivity contribution is 7.89. The molecule has 1 aromatic carbocycles. The third-order valence-electron chi connectivity index (χ3n) is 2.73. The third kappa shape index (κ3) is 3.47. The molecule has 0 bridgehead atoms. The molecule has 0 spiro atoms. The Morgan fingerprint density at radius 2 is 1.90 bits per heavy atom. The molecule has 0 amide bonds. The highest BCUT2D eigenvalue weighted by Gasteiger charge is 2.23. The zero-order chi connectivity index (χ0) is 15.2. The molecule has 0 heterocycles. The van der Waals surface area contributed by atoms with Crippen LogP contribution in [-0.4, -0.2) is 38.0 Å². The first-order valence-electron chi connectivity index (χ1n) is 6.01. The van der Waals surface area contributed by atoms with E-state index in [-0.39, 0.29) is 24.6 Å². The maximum Gasteiger partial charge on any atom is 0.243 e. The Morgan fingerprint density at radius 3 is 2.35 bits per heavy atom. The van der Waals surface area contributed by atoms with Crippen LogP contribution in [0.15, 0.2) is 48.4 Å². The highest BCUT2D eigenvalue weighted by Crippen LogP contribution is 2.24. The Labute approximate surface area is 119 Å². The van der Waals surface area contributed by atoms with Gasteiger partial charge in [-0.3, -0.25) is 0 Å².